The zero-order valence-electron chi connectivity index (χ0n) is 9.74. The Morgan fingerprint density at radius 3 is 2.61 bits per heavy atom. The van der Waals surface area contributed by atoms with Crippen molar-refractivity contribution in [3.8, 4) is 0 Å². The molecule has 0 unspecified atom stereocenters. The van der Waals surface area contributed by atoms with Gasteiger partial charge < -0.3 is 5.11 Å². The molecule has 1 heterocycles. The Balaban J connectivity index is 2.76. The van der Waals surface area contributed by atoms with Gasteiger partial charge in [-0.1, -0.05) is 13.0 Å². The lowest BCUT2D eigenvalue weighted by molar-refractivity contribution is -0.146. The summed E-state index contributed by atoms with van der Waals surface area (Å²) in [6.07, 6.45) is -4.28. The van der Waals surface area contributed by atoms with Crippen LogP contribution in [0.25, 0.3) is 0 Å². The van der Waals surface area contributed by atoms with Gasteiger partial charge in [0.1, 0.15) is 5.69 Å². The van der Waals surface area contributed by atoms with Crippen LogP contribution in [-0.2, 0) is 6.54 Å². The number of rotatable bonds is 5. The van der Waals surface area contributed by atoms with E-state index in [4.69, 9.17) is 5.11 Å². The van der Waals surface area contributed by atoms with Crippen molar-refractivity contribution in [1.29, 1.82) is 0 Å². The molecule has 7 heteroatoms. The Kier molecular flexibility index (Phi) is 4.66. The second kappa shape index (κ2) is 5.81. The topological polar surface area (TPSA) is 53.4 Å². The van der Waals surface area contributed by atoms with Crippen molar-refractivity contribution in [3.63, 3.8) is 0 Å². The minimum absolute atomic E-state index is 0.0306. The van der Waals surface area contributed by atoms with Crippen molar-refractivity contribution in [2.24, 2.45) is 0 Å². The molecule has 0 aromatic carbocycles. The molecule has 1 aromatic heterocycles. The second-order valence-corrected chi connectivity index (χ2v) is 3.74. The summed E-state index contributed by atoms with van der Waals surface area (Å²) in [6.45, 7) is 0.741. The third-order valence-electron chi connectivity index (χ3n) is 2.26. The molecule has 0 aliphatic rings. The van der Waals surface area contributed by atoms with E-state index in [9.17, 15) is 18.0 Å². The Hall–Kier alpha value is -1.63. The highest BCUT2D eigenvalue weighted by atomic mass is 19.4. The van der Waals surface area contributed by atoms with Gasteiger partial charge in [-0.25, -0.2) is 9.78 Å². The molecule has 0 aliphatic heterocycles. The van der Waals surface area contributed by atoms with Crippen LogP contribution in [0.15, 0.2) is 18.2 Å². The number of pyridine rings is 1. The molecule has 0 spiro atoms. The maximum atomic E-state index is 12.2. The van der Waals surface area contributed by atoms with E-state index in [2.05, 4.69) is 4.98 Å². The number of carbonyl (C=O) groups is 1. The van der Waals surface area contributed by atoms with Gasteiger partial charge in [0, 0.05) is 6.54 Å². The van der Waals surface area contributed by atoms with Gasteiger partial charge in [0.15, 0.2) is 0 Å². The number of carboxylic acid groups (broad SMARTS) is 1. The molecule has 1 N–H and O–H groups in total. The van der Waals surface area contributed by atoms with Crippen molar-refractivity contribution in [2.45, 2.75) is 19.6 Å². The molecule has 1 rings (SSSR count). The monoisotopic (exact) mass is 262 g/mol. The van der Waals surface area contributed by atoms with Crippen molar-refractivity contribution >= 4 is 5.97 Å². The third-order valence-corrected chi connectivity index (χ3v) is 2.26. The van der Waals surface area contributed by atoms with Crippen LogP contribution in [0, 0.1) is 0 Å². The summed E-state index contributed by atoms with van der Waals surface area (Å²) in [5, 5.41) is 8.73. The van der Waals surface area contributed by atoms with Crippen LogP contribution in [0.5, 0.6) is 0 Å². The van der Waals surface area contributed by atoms with Crippen molar-refractivity contribution in [3.05, 3.63) is 29.6 Å². The maximum absolute atomic E-state index is 12.2. The fourth-order valence-corrected chi connectivity index (χ4v) is 1.45. The first kappa shape index (κ1) is 14.4. The summed E-state index contributed by atoms with van der Waals surface area (Å²) in [5.74, 6) is -1.20. The first-order chi connectivity index (χ1) is 8.31. The molecule has 100 valence electrons. The Bertz CT molecular complexity index is 421. The van der Waals surface area contributed by atoms with Gasteiger partial charge in [0.2, 0.25) is 0 Å². The van der Waals surface area contributed by atoms with Crippen LogP contribution >= 0.6 is 0 Å². The normalized spacial score (nSPS) is 11.8. The molecule has 18 heavy (non-hydrogen) atoms. The number of hydrogen-bond donors (Lipinski definition) is 1. The number of hydrogen-bond acceptors (Lipinski definition) is 3. The highest BCUT2D eigenvalue weighted by Crippen LogP contribution is 2.17. The van der Waals surface area contributed by atoms with E-state index in [1.54, 1.807) is 6.92 Å². The van der Waals surface area contributed by atoms with Gasteiger partial charge in [-0.3, -0.25) is 4.90 Å². The average Bonchev–Trinajstić information content (AvgIpc) is 2.26. The van der Waals surface area contributed by atoms with E-state index in [1.807, 2.05) is 0 Å². The average molecular weight is 262 g/mol. The lowest BCUT2D eigenvalue weighted by Gasteiger charge is -2.21. The molecule has 1 aromatic rings. The smallest absolute Gasteiger partial charge is 0.401 e. The summed E-state index contributed by atoms with van der Waals surface area (Å²) in [6, 6.07) is 4.27. The zero-order chi connectivity index (χ0) is 13.8. The third kappa shape index (κ3) is 4.70. The molecular weight excluding hydrogens is 249 g/mol. The molecule has 0 fully saturated rings. The quantitative estimate of drug-likeness (QED) is 0.883. The highest BCUT2D eigenvalue weighted by molar-refractivity contribution is 5.85. The molecule has 0 bridgehead atoms. The predicted octanol–water partition coefficient (Wildman–Crippen LogP) is 2.16. The molecule has 0 aliphatic carbocycles. The van der Waals surface area contributed by atoms with Crippen LogP contribution in [0.3, 0.4) is 0 Å². The summed E-state index contributed by atoms with van der Waals surface area (Å²) in [7, 11) is 0. The molecule has 0 radical (unpaired) electrons. The number of halogens is 3. The van der Waals surface area contributed by atoms with Crippen LogP contribution in [-0.4, -0.2) is 40.2 Å². The van der Waals surface area contributed by atoms with Gasteiger partial charge in [0.25, 0.3) is 0 Å². The molecular formula is C11H13F3N2O2. The lowest BCUT2D eigenvalue weighted by Crippen LogP contribution is -2.33. The van der Waals surface area contributed by atoms with E-state index >= 15 is 0 Å². The van der Waals surface area contributed by atoms with Crippen molar-refractivity contribution in [1.82, 2.24) is 9.88 Å². The number of aromatic carboxylic acids is 1. The molecule has 0 saturated carbocycles. The van der Waals surface area contributed by atoms with E-state index in [-0.39, 0.29) is 18.8 Å². The standard InChI is InChI=1S/C11H13F3N2O2/c1-2-16(7-11(12,13)14)6-8-4-3-5-9(15-8)10(17)18/h3-5H,2,6-7H2,1H3,(H,17,18). The molecule has 0 atom stereocenters. The summed E-state index contributed by atoms with van der Waals surface area (Å²) >= 11 is 0. The van der Waals surface area contributed by atoms with Crippen molar-refractivity contribution in [2.75, 3.05) is 13.1 Å². The van der Waals surface area contributed by atoms with Crippen LogP contribution in [0.2, 0.25) is 0 Å². The van der Waals surface area contributed by atoms with Gasteiger partial charge in [0.05, 0.1) is 12.2 Å². The fourth-order valence-electron chi connectivity index (χ4n) is 1.45. The minimum atomic E-state index is -4.28. The molecule has 4 nitrogen and oxygen atoms in total. The van der Waals surface area contributed by atoms with E-state index < -0.39 is 18.7 Å². The van der Waals surface area contributed by atoms with Crippen molar-refractivity contribution < 1.29 is 23.1 Å². The van der Waals surface area contributed by atoms with Gasteiger partial charge in [-0.05, 0) is 18.7 Å². The lowest BCUT2D eigenvalue weighted by atomic mass is 10.3. The van der Waals surface area contributed by atoms with Gasteiger partial charge in [-0.2, -0.15) is 13.2 Å². The number of nitrogens with zero attached hydrogens (tertiary/aromatic N) is 2. The number of aromatic nitrogens is 1. The highest BCUT2D eigenvalue weighted by Gasteiger charge is 2.30. The Morgan fingerprint density at radius 2 is 2.11 bits per heavy atom. The SMILES string of the molecule is CCN(Cc1cccc(C(=O)O)n1)CC(F)(F)F. The molecule has 0 amide bonds. The van der Waals surface area contributed by atoms with Crippen LogP contribution in [0.4, 0.5) is 13.2 Å². The molecule has 0 saturated heterocycles. The van der Waals surface area contributed by atoms with Gasteiger partial charge >= 0.3 is 12.1 Å². The number of carboxylic acids is 1. The predicted molar refractivity (Wildman–Crippen MR) is 58.2 cm³/mol. The van der Waals surface area contributed by atoms with E-state index in [0.717, 1.165) is 4.90 Å². The second-order valence-electron chi connectivity index (χ2n) is 3.74. The summed E-state index contributed by atoms with van der Waals surface area (Å²) in [4.78, 5) is 15.6. The Labute approximate surface area is 102 Å². The number of alkyl halides is 3. The zero-order valence-corrected chi connectivity index (χ0v) is 9.74. The van der Waals surface area contributed by atoms with Gasteiger partial charge in [-0.15, -0.1) is 0 Å². The maximum Gasteiger partial charge on any atom is 0.401 e. The van der Waals surface area contributed by atoms with Crippen LogP contribution < -0.4 is 0 Å². The first-order valence-corrected chi connectivity index (χ1v) is 5.30. The minimum Gasteiger partial charge on any atom is -0.477 e. The summed E-state index contributed by atoms with van der Waals surface area (Å²) in [5.41, 5.74) is 0.136. The first-order valence-electron chi connectivity index (χ1n) is 5.30. The van der Waals surface area contributed by atoms with E-state index in [0.29, 0.717) is 5.69 Å². The largest absolute Gasteiger partial charge is 0.477 e. The summed E-state index contributed by atoms with van der Waals surface area (Å²) < 4.78 is 36.7. The van der Waals surface area contributed by atoms with Crippen LogP contribution in [0.1, 0.15) is 23.1 Å². The van der Waals surface area contributed by atoms with E-state index in [1.165, 1.54) is 18.2 Å². The Morgan fingerprint density at radius 1 is 1.44 bits per heavy atom. The fraction of sp³-hybridized carbons (Fsp3) is 0.455.